The molecule has 204 valence electrons. The van der Waals surface area contributed by atoms with E-state index < -0.39 is 53.5 Å². The molecule has 2 aromatic carbocycles. The van der Waals surface area contributed by atoms with Crippen LogP contribution in [0.4, 0.5) is 35.1 Å². The Hall–Kier alpha value is -3.74. The topological polar surface area (TPSA) is 63.2 Å². The fourth-order valence-corrected chi connectivity index (χ4v) is 3.78. The quantitative estimate of drug-likeness (QED) is 0.329. The Morgan fingerprint density at radius 3 is 2.11 bits per heavy atom. The first kappa shape index (κ1) is 28.8. The molecule has 0 aliphatic heterocycles. The van der Waals surface area contributed by atoms with E-state index in [1.54, 1.807) is 0 Å². The second-order valence-electron chi connectivity index (χ2n) is 8.11. The smallest absolute Gasteiger partial charge is 0.403 e. The van der Waals surface area contributed by atoms with Crippen molar-refractivity contribution in [2.75, 3.05) is 13.6 Å². The second-order valence-corrected chi connectivity index (χ2v) is 8.11. The highest BCUT2D eigenvalue weighted by Gasteiger charge is 2.34. The zero-order valence-corrected chi connectivity index (χ0v) is 19.6. The second kappa shape index (κ2) is 11.8. The van der Waals surface area contributed by atoms with Crippen LogP contribution in [0.15, 0.2) is 60.8 Å². The molecule has 0 saturated carbocycles. The number of pyridine rings is 1. The zero-order valence-electron chi connectivity index (χ0n) is 19.6. The van der Waals surface area contributed by atoms with Crippen LogP contribution in [0.2, 0.25) is 0 Å². The molecule has 0 aliphatic carbocycles. The van der Waals surface area contributed by atoms with Gasteiger partial charge in [0.1, 0.15) is 17.6 Å². The molecule has 2 atom stereocenters. The lowest BCUT2D eigenvalue weighted by molar-refractivity contribution is -0.275. The first-order chi connectivity index (χ1) is 17.8. The normalized spacial score (nSPS) is 13.6. The van der Waals surface area contributed by atoms with Gasteiger partial charge in [-0.2, -0.15) is 13.2 Å². The highest BCUT2D eigenvalue weighted by molar-refractivity contribution is 5.82. The number of alkyl halides is 6. The van der Waals surface area contributed by atoms with Gasteiger partial charge < -0.3 is 15.4 Å². The van der Waals surface area contributed by atoms with Gasteiger partial charge >= 0.3 is 12.5 Å². The van der Waals surface area contributed by atoms with Gasteiger partial charge in [0.2, 0.25) is 5.91 Å². The van der Waals surface area contributed by atoms with E-state index in [1.165, 1.54) is 25.2 Å². The van der Waals surface area contributed by atoms with E-state index in [9.17, 15) is 39.9 Å². The van der Waals surface area contributed by atoms with Crippen molar-refractivity contribution in [3.63, 3.8) is 0 Å². The largest absolute Gasteiger partial charge is 0.573 e. The predicted octanol–water partition coefficient (Wildman–Crippen LogP) is 5.88. The minimum atomic E-state index is -5.18. The minimum Gasteiger partial charge on any atom is -0.403 e. The lowest BCUT2D eigenvalue weighted by Gasteiger charge is -2.22. The fraction of sp³-hybridized carbons (Fsp3) is 0.280. The Morgan fingerprint density at radius 2 is 1.55 bits per heavy atom. The van der Waals surface area contributed by atoms with E-state index in [0.29, 0.717) is 5.56 Å². The molecule has 3 rings (SSSR count). The van der Waals surface area contributed by atoms with E-state index in [1.807, 2.05) is 0 Å². The maximum atomic E-state index is 14.0. The number of carbonyl (C=O) groups excluding carboxylic acids is 1. The lowest BCUT2D eigenvalue weighted by Crippen LogP contribution is -2.36. The molecule has 1 aromatic heterocycles. The number of hydrogen-bond donors (Lipinski definition) is 2. The molecule has 2 N–H and O–H groups in total. The molecular weight excluding hydrogens is 526 g/mol. The lowest BCUT2D eigenvalue weighted by atomic mass is 9.89. The third-order valence-electron chi connectivity index (χ3n) is 5.56. The summed E-state index contributed by atoms with van der Waals surface area (Å²) >= 11 is 0. The van der Waals surface area contributed by atoms with Gasteiger partial charge in [0, 0.05) is 19.2 Å². The van der Waals surface area contributed by atoms with E-state index in [2.05, 4.69) is 20.4 Å². The Balaban J connectivity index is 1.92. The standard InChI is InChI=1S/C25H21F8N3O2/c1-34-23(37)22(14-2-6-17(26)7-3-14)35-11-10-18(16-5-9-21(36-13-16)24(28,29)30)15-4-8-19(27)20(12-15)38-25(31,32)33/h2-9,12-13,18,22,35H,10-11H2,1H3,(H,34,37)/t18-,22+/m0/s1. The number of nitrogens with zero attached hydrogens (tertiary/aromatic N) is 1. The number of likely N-dealkylation sites (N-methyl/N-ethyl adjacent to an activating group) is 1. The predicted molar refractivity (Wildman–Crippen MR) is 120 cm³/mol. The third kappa shape index (κ3) is 7.63. The van der Waals surface area contributed by atoms with Gasteiger partial charge in [-0.1, -0.05) is 24.3 Å². The van der Waals surface area contributed by atoms with Crippen molar-refractivity contribution in [1.82, 2.24) is 15.6 Å². The summed E-state index contributed by atoms with van der Waals surface area (Å²) in [6.45, 7) is 0.0218. The van der Waals surface area contributed by atoms with Crippen LogP contribution in [0, 0.1) is 11.6 Å². The molecule has 0 unspecified atom stereocenters. The molecule has 0 radical (unpaired) electrons. The summed E-state index contributed by atoms with van der Waals surface area (Å²) in [4.78, 5) is 15.8. The number of hydrogen-bond acceptors (Lipinski definition) is 4. The Bertz CT molecular complexity index is 1230. The van der Waals surface area contributed by atoms with Crippen molar-refractivity contribution in [2.24, 2.45) is 0 Å². The van der Waals surface area contributed by atoms with Crippen molar-refractivity contribution in [3.05, 3.63) is 94.8 Å². The van der Waals surface area contributed by atoms with Crippen LogP contribution < -0.4 is 15.4 Å². The van der Waals surface area contributed by atoms with E-state index >= 15 is 0 Å². The number of carbonyl (C=O) groups is 1. The molecule has 0 spiro atoms. The highest BCUT2D eigenvalue weighted by Crippen LogP contribution is 2.35. The average molecular weight is 547 g/mol. The van der Waals surface area contributed by atoms with Crippen molar-refractivity contribution >= 4 is 5.91 Å². The molecule has 0 fully saturated rings. The number of aromatic nitrogens is 1. The molecule has 0 aliphatic rings. The highest BCUT2D eigenvalue weighted by atomic mass is 19.4. The van der Waals surface area contributed by atoms with Gasteiger partial charge in [0.25, 0.3) is 0 Å². The van der Waals surface area contributed by atoms with Gasteiger partial charge in [0.05, 0.1) is 0 Å². The van der Waals surface area contributed by atoms with Crippen LogP contribution in [0.3, 0.4) is 0 Å². The van der Waals surface area contributed by atoms with Crippen LogP contribution >= 0.6 is 0 Å². The first-order valence-corrected chi connectivity index (χ1v) is 11.1. The number of amides is 1. The van der Waals surface area contributed by atoms with Crippen LogP contribution in [0.5, 0.6) is 5.75 Å². The minimum absolute atomic E-state index is 0.0218. The summed E-state index contributed by atoms with van der Waals surface area (Å²) < 4.78 is 108. The molecule has 38 heavy (non-hydrogen) atoms. The van der Waals surface area contributed by atoms with Gasteiger partial charge in [-0.3, -0.25) is 9.78 Å². The molecule has 5 nitrogen and oxygen atoms in total. The van der Waals surface area contributed by atoms with E-state index in [0.717, 1.165) is 42.6 Å². The molecule has 1 heterocycles. The number of benzene rings is 2. The fourth-order valence-electron chi connectivity index (χ4n) is 3.78. The number of rotatable bonds is 9. The summed E-state index contributed by atoms with van der Waals surface area (Å²) in [6, 6.07) is 8.72. The SMILES string of the molecule is CNC(=O)[C@H](NCC[C@H](c1ccc(C(F)(F)F)nc1)c1ccc(F)c(OC(F)(F)F)c1)c1ccc(F)cc1. The van der Waals surface area contributed by atoms with E-state index in [-0.39, 0.29) is 24.1 Å². The summed E-state index contributed by atoms with van der Waals surface area (Å²) in [6.07, 6.45) is -8.92. The molecule has 0 bridgehead atoms. The van der Waals surface area contributed by atoms with Crippen molar-refractivity contribution in [2.45, 2.75) is 30.9 Å². The summed E-state index contributed by atoms with van der Waals surface area (Å²) in [5.41, 5.74) is -0.453. The summed E-state index contributed by atoms with van der Waals surface area (Å²) in [5.74, 6) is -4.25. The molecule has 0 saturated heterocycles. The molecule has 1 amide bonds. The van der Waals surface area contributed by atoms with Crippen molar-refractivity contribution in [3.8, 4) is 5.75 Å². The molecular formula is C25H21F8N3O2. The van der Waals surface area contributed by atoms with Gasteiger partial charge in [-0.15, -0.1) is 13.2 Å². The Morgan fingerprint density at radius 1 is 0.921 bits per heavy atom. The van der Waals surface area contributed by atoms with Crippen LogP contribution in [-0.4, -0.2) is 30.8 Å². The number of halogens is 8. The maximum absolute atomic E-state index is 14.0. The summed E-state index contributed by atoms with van der Waals surface area (Å²) in [7, 11) is 1.39. The monoisotopic (exact) mass is 547 g/mol. The zero-order chi connectivity index (χ0) is 28.1. The number of ether oxygens (including phenoxy) is 1. The Kier molecular flexibility index (Phi) is 8.92. The van der Waals surface area contributed by atoms with Gasteiger partial charge in [-0.05, 0) is 60.0 Å². The van der Waals surface area contributed by atoms with Gasteiger partial charge in [0.15, 0.2) is 11.6 Å². The maximum Gasteiger partial charge on any atom is 0.573 e. The summed E-state index contributed by atoms with van der Waals surface area (Å²) in [5, 5.41) is 5.41. The van der Waals surface area contributed by atoms with Crippen molar-refractivity contribution in [1.29, 1.82) is 0 Å². The molecule has 13 heteroatoms. The third-order valence-corrected chi connectivity index (χ3v) is 5.56. The average Bonchev–Trinajstić information content (AvgIpc) is 2.85. The van der Waals surface area contributed by atoms with Crippen molar-refractivity contribution < 1.29 is 44.7 Å². The van der Waals surface area contributed by atoms with Crippen LogP contribution in [0.1, 0.15) is 40.8 Å². The Labute approximate surface area is 211 Å². The molecule has 3 aromatic rings. The van der Waals surface area contributed by atoms with E-state index in [4.69, 9.17) is 0 Å². The van der Waals surface area contributed by atoms with Gasteiger partial charge in [-0.25, -0.2) is 8.78 Å². The van der Waals surface area contributed by atoms with Crippen LogP contribution in [-0.2, 0) is 11.0 Å². The number of nitrogens with one attached hydrogen (secondary N) is 2. The van der Waals surface area contributed by atoms with Crippen LogP contribution in [0.25, 0.3) is 0 Å². The first-order valence-electron chi connectivity index (χ1n) is 11.1.